The lowest BCUT2D eigenvalue weighted by Gasteiger charge is -2.13. The smallest absolute Gasteiger partial charge is 0.370 e. The van der Waals surface area contributed by atoms with E-state index in [2.05, 4.69) is 17.7 Å². The molecule has 16 nitrogen and oxygen atoms in total. The van der Waals surface area contributed by atoms with Crippen LogP contribution < -0.4 is 0 Å². The van der Waals surface area contributed by atoms with Gasteiger partial charge in [0, 0.05) is 6.42 Å². The summed E-state index contributed by atoms with van der Waals surface area (Å²) in [5.74, 6) is 0. The number of phosphoric ester groups is 2. The Bertz CT molecular complexity index is 795. The fourth-order valence-corrected chi connectivity index (χ4v) is 5.39. The van der Waals surface area contributed by atoms with Crippen molar-refractivity contribution >= 4 is 31.3 Å². The second kappa shape index (κ2) is 11.5. The number of ether oxygens (including phenoxy) is 2. The van der Waals surface area contributed by atoms with E-state index in [9.17, 15) is 18.3 Å². The van der Waals surface area contributed by atoms with Crippen LogP contribution in [-0.4, -0.2) is 67.0 Å². The molecule has 4 atom stereocenters. The van der Waals surface area contributed by atoms with Gasteiger partial charge in [-0.05, 0) is 26.2 Å². The van der Waals surface area contributed by atoms with Crippen molar-refractivity contribution in [3.63, 3.8) is 0 Å². The summed E-state index contributed by atoms with van der Waals surface area (Å²) in [5, 5.41) is 0. The summed E-state index contributed by atoms with van der Waals surface area (Å²) >= 11 is 0. The SMILES string of the molecule is CC1(CCCOP(=O)(O)OP(=O)(O)O)CO1.CCC1(CCOP(=O)(O)OP(=O)(O)O)CO1. The molecule has 0 aliphatic carbocycles. The fraction of sp³-hybridized carbons (Fsp3) is 1.00. The largest absolute Gasteiger partial charge is 0.481 e. The Kier molecular flexibility index (Phi) is 10.9. The van der Waals surface area contributed by atoms with Crippen molar-refractivity contribution in [2.75, 3.05) is 26.4 Å². The summed E-state index contributed by atoms with van der Waals surface area (Å²) in [6, 6.07) is 0. The molecule has 20 heteroatoms. The standard InChI is InChI=1S/2C6H14O8P2/c1-6(5-12-6)3-2-4-13-16(10,11)14-15(7,8)9;1-2-6(5-12-6)3-4-13-16(10,11)14-15(7,8)9/h2*2-5H2,1H3,(H,10,11)(H2,7,8,9). The van der Waals surface area contributed by atoms with Crippen LogP contribution in [0.5, 0.6) is 0 Å². The molecule has 0 radical (unpaired) electrons. The molecule has 2 saturated heterocycles. The lowest BCUT2D eigenvalue weighted by molar-refractivity contribution is 0.158. The van der Waals surface area contributed by atoms with E-state index in [4.69, 9.17) is 38.8 Å². The Morgan fingerprint density at radius 3 is 1.56 bits per heavy atom. The summed E-state index contributed by atoms with van der Waals surface area (Å²) in [6.45, 7) is 4.69. The Hall–Kier alpha value is 0.440. The van der Waals surface area contributed by atoms with Gasteiger partial charge in [0.15, 0.2) is 0 Å². The fourth-order valence-electron chi connectivity index (χ4n) is 2.18. The number of hydrogen-bond acceptors (Lipinski definition) is 10. The van der Waals surface area contributed by atoms with Gasteiger partial charge in [-0.15, -0.1) is 0 Å². The molecule has 2 aliphatic heterocycles. The molecule has 2 aliphatic rings. The van der Waals surface area contributed by atoms with Crippen LogP contribution >= 0.6 is 31.3 Å². The molecule has 2 rings (SSSR count). The van der Waals surface area contributed by atoms with Gasteiger partial charge in [-0.1, -0.05) is 6.92 Å². The number of epoxide rings is 2. The molecule has 32 heavy (non-hydrogen) atoms. The van der Waals surface area contributed by atoms with Crippen LogP contribution in [0, 0.1) is 0 Å². The minimum atomic E-state index is -5.03. The third-order valence-electron chi connectivity index (χ3n) is 4.17. The second-order valence-electron chi connectivity index (χ2n) is 7.17. The first-order valence-corrected chi connectivity index (χ1v) is 15.1. The monoisotopic (exact) mass is 552 g/mol. The second-order valence-corrected chi connectivity index (χ2v) is 12.8. The van der Waals surface area contributed by atoms with Crippen LogP contribution in [0.2, 0.25) is 0 Å². The van der Waals surface area contributed by atoms with E-state index in [1.165, 1.54) is 0 Å². The van der Waals surface area contributed by atoms with Gasteiger partial charge in [-0.2, -0.15) is 8.62 Å². The van der Waals surface area contributed by atoms with E-state index in [1.807, 2.05) is 13.8 Å². The highest BCUT2D eigenvalue weighted by atomic mass is 31.3. The summed E-state index contributed by atoms with van der Waals surface area (Å²) < 4.78 is 68.7. The van der Waals surface area contributed by atoms with E-state index in [-0.39, 0.29) is 24.4 Å². The van der Waals surface area contributed by atoms with E-state index < -0.39 is 31.3 Å². The van der Waals surface area contributed by atoms with Gasteiger partial charge < -0.3 is 38.8 Å². The molecule has 0 aromatic rings. The first-order valence-electron chi connectivity index (χ1n) is 9.06. The first-order chi connectivity index (χ1) is 14.3. The van der Waals surface area contributed by atoms with Gasteiger partial charge in [0.05, 0.1) is 37.6 Å². The van der Waals surface area contributed by atoms with Gasteiger partial charge in [0.2, 0.25) is 0 Å². The summed E-state index contributed by atoms with van der Waals surface area (Å²) in [7, 11) is -19.4. The topological polar surface area (TPSA) is 252 Å². The molecule has 4 unspecified atom stereocenters. The van der Waals surface area contributed by atoms with Gasteiger partial charge in [-0.25, -0.2) is 18.3 Å². The lowest BCUT2D eigenvalue weighted by atomic mass is 10.1. The highest BCUT2D eigenvalue weighted by Crippen LogP contribution is 2.58. The number of phosphoric acid groups is 4. The average molecular weight is 552 g/mol. The van der Waals surface area contributed by atoms with Crippen LogP contribution in [0.15, 0.2) is 0 Å². The molecule has 192 valence electrons. The predicted octanol–water partition coefficient (Wildman–Crippen LogP) is 1.56. The van der Waals surface area contributed by atoms with E-state index in [0.717, 1.165) is 6.42 Å². The molecule has 0 saturated carbocycles. The van der Waals surface area contributed by atoms with Crippen molar-refractivity contribution < 1.29 is 74.8 Å². The zero-order valence-electron chi connectivity index (χ0n) is 17.2. The molecular formula is C12H28O16P4. The van der Waals surface area contributed by atoms with Crippen molar-refractivity contribution in [1.29, 1.82) is 0 Å². The van der Waals surface area contributed by atoms with Crippen LogP contribution in [0.4, 0.5) is 0 Å². The quantitative estimate of drug-likeness (QED) is 0.102. The molecule has 6 N–H and O–H groups in total. The van der Waals surface area contributed by atoms with Crippen molar-refractivity contribution in [1.82, 2.24) is 0 Å². The van der Waals surface area contributed by atoms with Gasteiger partial charge >= 0.3 is 31.3 Å². The van der Waals surface area contributed by atoms with Crippen LogP contribution in [0.1, 0.15) is 39.5 Å². The maximum Gasteiger partial charge on any atom is 0.481 e. The van der Waals surface area contributed by atoms with Crippen LogP contribution in [0.25, 0.3) is 0 Å². The van der Waals surface area contributed by atoms with Crippen LogP contribution in [0.3, 0.4) is 0 Å². The average Bonchev–Trinajstić information content (AvgIpc) is 3.47. The summed E-state index contributed by atoms with van der Waals surface area (Å²) in [5.41, 5.74) is -0.505. The van der Waals surface area contributed by atoms with Crippen molar-refractivity contribution in [2.24, 2.45) is 0 Å². The summed E-state index contributed by atoms with van der Waals surface area (Å²) in [6.07, 6.45) is 2.19. The third kappa shape index (κ3) is 14.6. The normalized spacial score (nSPS) is 28.8. The molecule has 0 amide bonds. The van der Waals surface area contributed by atoms with Gasteiger partial charge in [-0.3, -0.25) is 9.05 Å². The maximum atomic E-state index is 11.0. The van der Waals surface area contributed by atoms with E-state index in [0.29, 0.717) is 32.5 Å². The highest BCUT2D eigenvalue weighted by Gasteiger charge is 2.43. The third-order valence-corrected chi connectivity index (χ3v) is 8.54. The molecular weight excluding hydrogens is 524 g/mol. The lowest BCUT2D eigenvalue weighted by Crippen LogP contribution is -2.12. The van der Waals surface area contributed by atoms with Crippen molar-refractivity contribution in [2.45, 2.75) is 50.7 Å². The molecule has 0 aromatic carbocycles. The number of rotatable bonds is 14. The molecule has 0 bridgehead atoms. The summed E-state index contributed by atoms with van der Waals surface area (Å²) in [4.78, 5) is 51.1. The minimum Gasteiger partial charge on any atom is -0.370 e. The van der Waals surface area contributed by atoms with E-state index in [1.54, 1.807) is 0 Å². The predicted molar refractivity (Wildman–Crippen MR) is 105 cm³/mol. The van der Waals surface area contributed by atoms with Crippen molar-refractivity contribution in [3.05, 3.63) is 0 Å². The zero-order chi connectivity index (χ0) is 24.9. The maximum absolute atomic E-state index is 11.0. The Morgan fingerprint density at radius 2 is 1.22 bits per heavy atom. The Balaban J connectivity index is 0.000000320. The molecule has 0 aromatic heterocycles. The zero-order valence-corrected chi connectivity index (χ0v) is 20.8. The molecule has 2 heterocycles. The minimum absolute atomic E-state index is 0.132. The molecule has 0 spiro atoms. The Morgan fingerprint density at radius 1 is 0.781 bits per heavy atom. The van der Waals surface area contributed by atoms with E-state index >= 15 is 0 Å². The van der Waals surface area contributed by atoms with Crippen molar-refractivity contribution in [3.8, 4) is 0 Å². The highest BCUT2D eigenvalue weighted by molar-refractivity contribution is 7.61. The number of hydrogen-bond donors (Lipinski definition) is 6. The van der Waals surface area contributed by atoms with Gasteiger partial charge in [0.25, 0.3) is 0 Å². The van der Waals surface area contributed by atoms with Gasteiger partial charge in [0.1, 0.15) is 0 Å². The Labute approximate surface area is 183 Å². The molecule has 2 fully saturated rings. The van der Waals surface area contributed by atoms with Crippen LogP contribution in [-0.2, 0) is 45.4 Å². The first kappa shape index (κ1) is 30.5.